The standard InChI is InChI=1S/C20H26O6/c1-9-10-4-5-11-18(6-10,15(9)23)16(24)13(22)14-17(2,3)20(25)7-12(21)19(11,14)8-26-20/h10-11,13-15,22-23,25H,1,4-8H2,2-3H3. The highest BCUT2D eigenvalue weighted by Gasteiger charge is 2.81. The van der Waals surface area contributed by atoms with Crippen molar-refractivity contribution in [2.45, 2.75) is 57.5 Å². The predicted octanol–water partition coefficient (Wildman–Crippen LogP) is 0.584. The van der Waals surface area contributed by atoms with Gasteiger partial charge in [0, 0.05) is 11.3 Å². The fourth-order valence-corrected chi connectivity index (χ4v) is 7.51. The van der Waals surface area contributed by atoms with Crippen LogP contribution >= 0.6 is 0 Å². The maximum absolute atomic E-state index is 13.4. The quantitative estimate of drug-likeness (QED) is 0.545. The summed E-state index contributed by atoms with van der Waals surface area (Å²) in [5.41, 5.74) is -2.50. The molecule has 2 saturated heterocycles. The lowest BCUT2D eigenvalue weighted by atomic mass is 9.37. The van der Waals surface area contributed by atoms with E-state index >= 15 is 0 Å². The molecule has 0 amide bonds. The van der Waals surface area contributed by atoms with Gasteiger partial charge in [-0.05, 0) is 36.7 Å². The number of aliphatic hydroxyl groups is 3. The Labute approximate surface area is 152 Å². The van der Waals surface area contributed by atoms with E-state index in [1.807, 2.05) is 0 Å². The highest BCUT2D eigenvalue weighted by molar-refractivity contribution is 5.98. The lowest BCUT2D eigenvalue weighted by molar-refractivity contribution is -0.375. The number of aliphatic hydroxyl groups excluding tert-OH is 2. The molecule has 2 spiro atoms. The van der Waals surface area contributed by atoms with E-state index in [2.05, 4.69) is 6.58 Å². The van der Waals surface area contributed by atoms with Crippen LogP contribution in [-0.2, 0) is 14.3 Å². The Morgan fingerprint density at radius 2 is 1.85 bits per heavy atom. The molecule has 3 N–H and O–H groups in total. The molecule has 0 aromatic heterocycles. The monoisotopic (exact) mass is 362 g/mol. The summed E-state index contributed by atoms with van der Waals surface area (Å²) in [6.45, 7) is 7.53. The molecule has 6 heteroatoms. The van der Waals surface area contributed by atoms with Gasteiger partial charge in [-0.3, -0.25) is 9.59 Å². The molecule has 6 rings (SSSR count). The first-order chi connectivity index (χ1) is 12.0. The van der Waals surface area contributed by atoms with E-state index < -0.39 is 46.1 Å². The van der Waals surface area contributed by atoms with Gasteiger partial charge in [0.15, 0.2) is 11.6 Å². The molecule has 4 aliphatic carbocycles. The molecule has 6 aliphatic rings. The maximum atomic E-state index is 13.4. The molecule has 0 aromatic rings. The Kier molecular flexibility index (Phi) is 2.94. The lowest BCUT2D eigenvalue weighted by Crippen LogP contribution is -2.80. The molecular weight excluding hydrogens is 336 g/mol. The van der Waals surface area contributed by atoms with Crippen LogP contribution in [-0.4, -0.2) is 51.5 Å². The number of rotatable bonds is 0. The Morgan fingerprint density at radius 1 is 1.15 bits per heavy atom. The summed E-state index contributed by atoms with van der Waals surface area (Å²) in [5, 5.41) is 33.0. The highest BCUT2D eigenvalue weighted by Crippen LogP contribution is 2.73. The maximum Gasteiger partial charge on any atom is 0.177 e. The second-order valence-electron chi connectivity index (χ2n) is 9.77. The van der Waals surface area contributed by atoms with E-state index in [9.17, 15) is 24.9 Å². The van der Waals surface area contributed by atoms with Crippen LogP contribution in [0.4, 0.5) is 0 Å². The van der Waals surface area contributed by atoms with Crippen LogP contribution in [0.15, 0.2) is 12.2 Å². The molecule has 4 bridgehead atoms. The second kappa shape index (κ2) is 4.49. The zero-order valence-corrected chi connectivity index (χ0v) is 15.2. The predicted molar refractivity (Wildman–Crippen MR) is 89.7 cm³/mol. The summed E-state index contributed by atoms with van der Waals surface area (Å²) in [6, 6.07) is 0. The molecule has 4 saturated carbocycles. The van der Waals surface area contributed by atoms with Crippen LogP contribution in [0.25, 0.3) is 0 Å². The molecule has 142 valence electrons. The normalized spacial score (nSPS) is 57.1. The topological polar surface area (TPSA) is 104 Å². The third-order valence-corrected chi connectivity index (χ3v) is 8.85. The fraction of sp³-hybridized carbons (Fsp3) is 0.800. The van der Waals surface area contributed by atoms with Gasteiger partial charge >= 0.3 is 0 Å². The summed E-state index contributed by atoms with van der Waals surface area (Å²) >= 11 is 0. The van der Waals surface area contributed by atoms with E-state index in [0.29, 0.717) is 18.4 Å². The van der Waals surface area contributed by atoms with Crippen molar-refractivity contribution in [3.05, 3.63) is 12.2 Å². The largest absolute Gasteiger partial charge is 0.388 e. The molecule has 8 atom stereocenters. The van der Waals surface area contributed by atoms with Gasteiger partial charge in [0.1, 0.15) is 11.9 Å². The van der Waals surface area contributed by atoms with Crippen molar-refractivity contribution in [3.8, 4) is 0 Å². The van der Waals surface area contributed by atoms with Gasteiger partial charge in [-0.1, -0.05) is 20.4 Å². The zero-order chi connectivity index (χ0) is 18.9. The molecule has 0 radical (unpaired) electrons. The average Bonchev–Trinajstić information content (AvgIpc) is 2.77. The number of ketones is 2. The van der Waals surface area contributed by atoms with Gasteiger partial charge in [-0.2, -0.15) is 0 Å². The van der Waals surface area contributed by atoms with E-state index in [4.69, 9.17) is 4.74 Å². The fourth-order valence-electron chi connectivity index (χ4n) is 7.51. The molecule has 0 aromatic carbocycles. The van der Waals surface area contributed by atoms with Gasteiger partial charge in [0.2, 0.25) is 0 Å². The SMILES string of the molecule is C=C1C2CCC3C(C2)(C(=O)C(O)C2C34COC(O)(CC4=O)C2(C)C)C1O. The first kappa shape index (κ1) is 17.0. The molecule has 6 fully saturated rings. The van der Waals surface area contributed by atoms with Gasteiger partial charge in [0.05, 0.1) is 30.0 Å². The van der Waals surface area contributed by atoms with Gasteiger partial charge in [-0.15, -0.1) is 0 Å². The minimum Gasteiger partial charge on any atom is -0.388 e. The summed E-state index contributed by atoms with van der Waals surface area (Å²) in [7, 11) is 0. The molecule has 8 unspecified atom stereocenters. The van der Waals surface area contributed by atoms with Crippen molar-refractivity contribution in [1.29, 1.82) is 0 Å². The summed E-state index contributed by atoms with van der Waals surface area (Å²) in [4.78, 5) is 26.7. The summed E-state index contributed by atoms with van der Waals surface area (Å²) < 4.78 is 5.82. The van der Waals surface area contributed by atoms with E-state index in [1.54, 1.807) is 13.8 Å². The third-order valence-electron chi connectivity index (χ3n) is 8.85. The second-order valence-corrected chi connectivity index (χ2v) is 9.77. The Hall–Kier alpha value is -1.08. The van der Waals surface area contributed by atoms with E-state index in [-0.39, 0.29) is 30.5 Å². The van der Waals surface area contributed by atoms with Crippen molar-refractivity contribution in [2.75, 3.05) is 6.61 Å². The minimum atomic E-state index is -1.67. The van der Waals surface area contributed by atoms with Crippen LogP contribution < -0.4 is 0 Å². The highest BCUT2D eigenvalue weighted by atomic mass is 16.6. The molecule has 2 heterocycles. The number of hydrogen-bond donors (Lipinski definition) is 3. The molecule has 6 nitrogen and oxygen atoms in total. The van der Waals surface area contributed by atoms with Crippen LogP contribution in [0.2, 0.25) is 0 Å². The van der Waals surface area contributed by atoms with Crippen LogP contribution in [0.1, 0.15) is 39.5 Å². The number of hydrogen-bond acceptors (Lipinski definition) is 6. The molecule has 26 heavy (non-hydrogen) atoms. The van der Waals surface area contributed by atoms with Crippen molar-refractivity contribution < 1.29 is 29.6 Å². The third kappa shape index (κ3) is 1.42. The van der Waals surface area contributed by atoms with E-state index in [0.717, 1.165) is 6.42 Å². The average molecular weight is 362 g/mol. The van der Waals surface area contributed by atoms with Crippen LogP contribution in [0.5, 0.6) is 0 Å². The summed E-state index contributed by atoms with van der Waals surface area (Å²) in [5.74, 6) is -3.25. The number of fused-ring (bicyclic) bond motifs is 3. The van der Waals surface area contributed by atoms with Crippen LogP contribution in [0.3, 0.4) is 0 Å². The Balaban J connectivity index is 1.77. The van der Waals surface area contributed by atoms with Gasteiger partial charge in [-0.25, -0.2) is 0 Å². The minimum absolute atomic E-state index is 0.00293. The zero-order valence-electron chi connectivity index (χ0n) is 15.2. The Bertz CT molecular complexity index is 757. The van der Waals surface area contributed by atoms with Crippen molar-refractivity contribution in [3.63, 3.8) is 0 Å². The molecule has 2 aliphatic heterocycles. The van der Waals surface area contributed by atoms with Crippen molar-refractivity contribution in [2.24, 2.45) is 34.0 Å². The summed E-state index contributed by atoms with van der Waals surface area (Å²) in [6.07, 6.45) is -0.724. The smallest absolute Gasteiger partial charge is 0.177 e. The number of carbonyl (C=O) groups is 2. The van der Waals surface area contributed by atoms with Gasteiger partial charge in [0.25, 0.3) is 0 Å². The number of Topliss-reactive ketones (excluding diaryl/α,β-unsaturated/α-hetero) is 2. The number of carbonyl (C=O) groups excluding carboxylic acids is 2. The first-order valence-corrected chi connectivity index (χ1v) is 9.53. The Morgan fingerprint density at radius 3 is 2.50 bits per heavy atom. The lowest BCUT2D eigenvalue weighted by Gasteiger charge is -2.70. The number of ether oxygens (including phenoxy) is 1. The van der Waals surface area contributed by atoms with Crippen molar-refractivity contribution in [1.82, 2.24) is 0 Å². The van der Waals surface area contributed by atoms with E-state index in [1.165, 1.54) is 0 Å². The molecular formula is C20H26O6. The van der Waals surface area contributed by atoms with Crippen molar-refractivity contribution >= 4 is 11.6 Å². The van der Waals surface area contributed by atoms with Gasteiger partial charge < -0.3 is 20.1 Å². The van der Waals surface area contributed by atoms with Crippen LogP contribution in [0, 0.1) is 34.0 Å². The first-order valence-electron chi connectivity index (χ1n) is 9.53.